The highest BCUT2D eigenvalue weighted by Gasteiger charge is 2.13. The van der Waals surface area contributed by atoms with Crippen molar-refractivity contribution in [3.05, 3.63) is 0 Å². The van der Waals surface area contributed by atoms with Crippen LogP contribution in [0.2, 0.25) is 0 Å². The standard InChI is InChI=1S/C4H5NO2/c6-4(7)3-1-2-5-3/h1-2H2,(H,6,7). The maximum Gasteiger partial charge on any atom is 0.349 e. The van der Waals surface area contributed by atoms with E-state index in [1.54, 1.807) is 0 Å². The van der Waals surface area contributed by atoms with Crippen LogP contribution in [0.5, 0.6) is 0 Å². The molecule has 38 valence electrons. The fourth-order valence-electron chi connectivity index (χ4n) is 0.398. The predicted octanol–water partition coefficient (Wildman–Crippen LogP) is -0.0843. The van der Waals surface area contributed by atoms with E-state index in [1.807, 2.05) is 0 Å². The summed E-state index contributed by atoms with van der Waals surface area (Å²) in [7, 11) is 0. The van der Waals surface area contributed by atoms with Crippen LogP contribution in [0, 0.1) is 0 Å². The van der Waals surface area contributed by atoms with Gasteiger partial charge in [-0.15, -0.1) is 0 Å². The molecule has 1 heterocycles. The molecular formula is C4H5NO2. The molecule has 0 saturated carbocycles. The van der Waals surface area contributed by atoms with Gasteiger partial charge >= 0.3 is 5.97 Å². The van der Waals surface area contributed by atoms with Crippen molar-refractivity contribution in [2.24, 2.45) is 4.99 Å². The van der Waals surface area contributed by atoms with E-state index < -0.39 is 5.97 Å². The smallest absolute Gasteiger partial charge is 0.349 e. The Bertz CT molecular complexity index is 128. The molecule has 1 rings (SSSR count). The Morgan fingerprint density at radius 3 is 2.43 bits per heavy atom. The van der Waals surface area contributed by atoms with Crippen molar-refractivity contribution < 1.29 is 9.90 Å². The third-order valence-corrected chi connectivity index (χ3v) is 0.898. The number of carboxylic acids is 1. The number of aliphatic imine (C=N–C) groups is 1. The zero-order valence-electron chi connectivity index (χ0n) is 3.72. The number of rotatable bonds is 1. The molecular weight excluding hydrogens is 94.0 g/mol. The Balaban J connectivity index is 2.57. The molecule has 3 nitrogen and oxygen atoms in total. The van der Waals surface area contributed by atoms with Crippen LogP contribution in [0.15, 0.2) is 4.99 Å². The summed E-state index contributed by atoms with van der Waals surface area (Å²) in [5.74, 6) is -0.869. The number of nitrogens with zero attached hydrogens (tertiary/aromatic N) is 1. The molecule has 0 aromatic heterocycles. The quantitative estimate of drug-likeness (QED) is 0.499. The zero-order chi connectivity index (χ0) is 5.28. The first-order valence-corrected chi connectivity index (χ1v) is 2.07. The summed E-state index contributed by atoms with van der Waals surface area (Å²) in [4.78, 5) is 13.4. The van der Waals surface area contributed by atoms with E-state index in [-0.39, 0.29) is 0 Å². The lowest BCUT2D eigenvalue weighted by Crippen LogP contribution is -2.21. The number of aliphatic carboxylic acids is 1. The van der Waals surface area contributed by atoms with Crippen molar-refractivity contribution in [1.82, 2.24) is 0 Å². The topological polar surface area (TPSA) is 49.7 Å². The summed E-state index contributed by atoms with van der Waals surface area (Å²) >= 11 is 0. The maximum atomic E-state index is 9.85. The lowest BCUT2D eigenvalue weighted by atomic mass is 10.2. The van der Waals surface area contributed by atoms with Crippen LogP contribution in [-0.2, 0) is 4.79 Å². The van der Waals surface area contributed by atoms with E-state index in [9.17, 15) is 4.79 Å². The van der Waals surface area contributed by atoms with Gasteiger partial charge in [0.1, 0.15) is 5.71 Å². The van der Waals surface area contributed by atoms with Gasteiger partial charge < -0.3 is 5.11 Å². The number of carboxylic acid groups (broad SMARTS) is 1. The predicted molar refractivity (Wildman–Crippen MR) is 24.6 cm³/mol. The average Bonchev–Trinajstić information content (AvgIpc) is 1.23. The highest BCUT2D eigenvalue weighted by atomic mass is 16.4. The van der Waals surface area contributed by atoms with Gasteiger partial charge in [0.15, 0.2) is 0 Å². The molecule has 1 aliphatic rings. The molecule has 0 bridgehead atoms. The van der Waals surface area contributed by atoms with Gasteiger partial charge in [-0.1, -0.05) is 0 Å². The molecule has 3 heteroatoms. The van der Waals surface area contributed by atoms with E-state index in [0.717, 1.165) is 0 Å². The van der Waals surface area contributed by atoms with E-state index >= 15 is 0 Å². The van der Waals surface area contributed by atoms with Gasteiger partial charge in [0.25, 0.3) is 0 Å². The largest absolute Gasteiger partial charge is 0.477 e. The highest BCUT2D eigenvalue weighted by Crippen LogP contribution is 1.99. The fraction of sp³-hybridized carbons (Fsp3) is 0.500. The Morgan fingerprint density at radius 1 is 1.86 bits per heavy atom. The maximum absolute atomic E-state index is 9.85. The molecule has 0 saturated heterocycles. The molecule has 1 aliphatic heterocycles. The van der Waals surface area contributed by atoms with Crippen molar-refractivity contribution >= 4 is 11.7 Å². The van der Waals surface area contributed by atoms with Crippen LogP contribution in [0.4, 0.5) is 0 Å². The Labute approximate surface area is 40.7 Å². The first-order valence-electron chi connectivity index (χ1n) is 2.07. The average molecular weight is 99.1 g/mol. The Kier molecular flexibility index (Phi) is 0.817. The number of hydrogen-bond donors (Lipinski definition) is 1. The SMILES string of the molecule is O=C(O)C1=NCC1. The van der Waals surface area contributed by atoms with Crippen molar-refractivity contribution in [2.45, 2.75) is 6.42 Å². The van der Waals surface area contributed by atoms with Crippen molar-refractivity contribution in [3.63, 3.8) is 0 Å². The fourth-order valence-corrected chi connectivity index (χ4v) is 0.398. The van der Waals surface area contributed by atoms with Crippen LogP contribution in [0.25, 0.3) is 0 Å². The molecule has 0 amide bonds. The molecule has 0 aromatic rings. The first-order chi connectivity index (χ1) is 3.30. The van der Waals surface area contributed by atoms with Crippen LogP contribution in [-0.4, -0.2) is 23.3 Å². The molecule has 0 spiro atoms. The van der Waals surface area contributed by atoms with Crippen molar-refractivity contribution in [2.75, 3.05) is 6.54 Å². The van der Waals surface area contributed by atoms with E-state index in [4.69, 9.17) is 5.11 Å². The first kappa shape index (κ1) is 4.30. The van der Waals surface area contributed by atoms with Gasteiger partial charge in [-0.3, -0.25) is 4.99 Å². The van der Waals surface area contributed by atoms with Gasteiger partial charge in [-0.25, -0.2) is 4.79 Å². The van der Waals surface area contributed by atoms with Crippen LogP contribution in [0.3, 0.4) is 0 Å². The van der Waals surface area contributed by atoms with Gasteiger partial charge in [0, 0.05) is 13.0 Å². The second kappa shape index (κ2) is 1.33. The normalized spacial score (nSPS) is 17.4. The Morgan fingerprint density at radius 2 is 2.43 bits per heavy atom. The second-order valence-corrected chi connectivity index (χ2v) is 1.38. The minimum Gasteiger partial charge on any atom is -0.477 e. The molecule has 1 N–H and O–H groups in total. The molecule has 0 unspecified atom stereocenters. The zero-order valence-corrected chi connectivity index (χ0v) is 3.72. The number of hydrogen-bond acceptors (Lipinski definition) is 2. The highest BCUT2D eigenvalue weighted by molar-refractivity contribution is 6.37. The summed E-state index contributed by atoms with van der Waals surface area (Å²) in [6.07, 6.45) is 0.648. The molecule has 0 atom stereocenters. The molecule has 0 aromatic carbocycles. The molecule has 7 heavy (non-hydrogen) atoms. The third-order valence-electron chi connectivity index (χ3n) is 0.898. The summed E-state index contributed by atoms with van der Waals surface area (Å²) in [5, 5.41) is 8.10. The van der Waals surface area contributed by atoms with Crippen LogP contribution < -0.4 is 0 Å². The van der Waals surface area contributed by atoms with E-state index in [2.05, 4.69) is 4.99 Å². The van der Waals surface area contributed by atoms with Crippen LogP contribution in [0.1, 0.15) is 6.42 Å². The van der Waals surface area contributed by atoms with Gasteiger partial charge in [0.2, 0.25) is 0 Å². The van der Waals surface area contributed by atoms with E-state index in [0.29, 0.717) is 18.7 Å². The number of carbonyl (C=O) groups is 1. The van der Waals surface area contributed by atoms with Gasteiger partial charge in [-0.2, -0.15) is 0 Å². The molecule has 0 fully saturated rings. The summed E-state index contributed by atoms with van der Waals surface area (Å²) < 4.78 is 0. The third kappa shape index (κ3) is 0.607. The summed E-state index contributed by atoms with van der Waals surface area (Å²) in [5.41, 5.74) is 0.319. The minimum atomic E-state index is -0.869. The summed E-state index contributed by atoms with van der Waals surface area (Å²) in [6.45, 7) is 0.696. The van der Waals surface area contributed by atoms with Gasteiger partial charge in [0.05, 0.1) is 0 Å². The van der Waals surface area contributed by atoms with Gasteiger partial charge in [-0.05, 0) is 0 Å². The van der Waals surface area contributed by atoms with Crippen LogP contribution >= 0.6 is 0 Å². The molecule has 0 radical (unpaired) electrons. The lowest BCUT2D eigenvalue weighted by molar-refractivity contribution is -0.129. The minimum absolute atomic E-state index is 0.319. The second-order valence-electron chi connectivity index (χ2n) is 1.38. The van der Waals surface area contributed by atoms with E-state index in [1.165, 1.54) is 0 Å². The molecule has 0 aliphatic carbocycles. The Hall–Kier alpha value is -0.860. The van der Waals surface area contributed by atoms with Crippen molar-refractivity contribution in [3.8, 4) is 0 Å². The monoisotopic (exact) mass is 99.0 g/mol. The van der Waals surface area contributed by atoms with Crippen molar-refractivity contribution in [1.29, 1.82) is 0 Å². The summed E-state index contributed by atoms with van der Waals surface area (Å²) in [6, 6.07) is 0. The lowest BCUT2D eigenvalue weighted by Gasteiger charge is -2.05.